The highest BCUT2D eigenvalue weighted by atomic mass is 79.9. The monoisotopic (exact) mass is 467 g/mol. The summed E-state index contributed by atoms with van der Waals surface area (Å²) in [5.74, 6) is 1.03. The molecule has 0 aliphatic carbocycles. The third-order valence-electron chi connectivity index (χ3n) is 3.33. The van der Waals surface area contributed by atoms with Crippen molar-refractivity contribution in [2.75, 3.05) is 11.1 Å². The summed E-state index contributed by atoms with van der Waals surface area (Å²) in [5.41, 5.74) is 1.75. The maximum atomic E-state index is 12.0. The third kappa shape index (κ3) is 5.98. The van der Waals surface area contributed by atoms with Gasteiger partial charge in [-0.2, -0.15) is 0 Å². The molecule has 0 saturated heterocycles. The zero-order valence-electron chi connectivity index (χ0n) is 14.2. The second kappa shape index (κ2) is 9.25. The highest BCUT2D eigenvalue weighted by Crippen LogP contribution is 2.26. The zero-order chi connectivity index (χ0) is 19.2. The number of carbonyl (C=O) groups excluding carboxylic acids is 1. The van der Waals surface area contributed by atoms with E-state index in [4.69, 9.17) is 20.8 Å². The summed E-state index contributed by atoms with van der Waals surface area (Å²) in [7, 11) is 0. The fraction of sp³-hybridized carbons (Fsp3) is 0.167. The van der Waals surface area contributed by atoms with Crippen LogP contribution in [0.5, 0.6) is 5.75 Å². The summed E-state index contributed by atoms with van der Waals surface area (Å²) in [5, 5.41) is 11.5. The van der Waals surface area contributed by atoms with E-state index in [1.54, 1.807) is 18.2 Å². The van der Waals surface area contributed by atoms with Gasteiger partial charge in [-0.25, -0.2) is 0 Å². The van der Waals surface area contributed by atoms with E-state index < -0.39 is 0 Å². The number of amides is 1. The van der Waals surface area contributed by atoms with Crippen molar-refractivity contribution in [2.24, 2.45) is 0 Å². The molecule has 3 rings (SSSR count). The number of aryl methyl sites for hydroxylation is 1. The Morgan fingerprint density at radius 2 is 2.15 bits per heavy atom. The van der Waals surface area contributed by atoms with Crippen LogP contribution in [0.3, 0.4) is 0 Å². The van der Waals surface area contributed by atoms with Crippen molar-refractivity contribution in [3.63, 3.8) is 0 Å². The third-order valence-corrected chi connectivity index (χ3v) is 5.36. The van der Waals surface area contributed by atoms with Gasteiger partial charge in [0.25, 0.3) is 11.1 Å². The van der Waals surface area contributed by atoms with Crippen LogP contribution >= 0.6 is 39.3 Å². The van der Waals surface area contributed by atoms with Crippen LogP contribution in [0.1, 0.15) is 11.5 Å². The second-order valence-corrected chi connectivity index (χ2v) is 7.72. The first-order valence-corrected chi connectivity index (χ1v) is 10.0. The second-order valence-electron chi connectivity index (χ2n) is 5.53. The maximum absolute atomic E-state index is 12.0. The van der Waals surface area contributed by atoms with E-state index in [2.05, 4.69) is 31.4 Å². The van der Waals surface area contributed by atoms with Crippen LogP contribution in [-0.2, 0) is 11.4 Å². The van der Waals surface area contributed by atoms with Crippen LogP contribution in [0.15, 0.2) is 56.6 Å². The van der Waals surface area contributed by atoms with Crippen LogP contribution in [0.2, 0.25) is 5.02 Å². The quantitative estimate of drug-likeness (QED) is 0.486. The summed E-state index contributed by atoms with van der Waals surface area (Å²) < 4.78 is 11.8. The fourth-order valence-corrected chi connectivity index (χ4v) is 3.18. The van der Waals surface area contributed by atoms with Crippen LogP contribution in [0.25, 0.3) is 0 Å². The number of hydrogen-bond donors (Lipinski definition) is 1. The smallest absolute Gasteiger partial charge is 0.277 e. The minimum absolute atomic E-state index is 0.139. The molecule has 0 saturated carbocycles. The molecule has 1 heterocycles. The Bertz CT molecular complexity index is 951. The molecule has 1 amide bonds. The van der Waals surface area contributed by atoms with Crippen molar-refractivity contribution in [3.05, 3.63) is 63.4 Å². The molecule has 0 bridgehead atoms. The van der Waals surface area contributed by atoms with Crippen molar-refractivity contribution < 1.29 is 13.9 Å². The van der Waals surface area contributed by atoms with Gasteiger partial charge in [0.1, 0.15) is 5.75 Å². The van der Waals surface area contributed by atoms with Gasteiger partial charge in [-0.15, -0.1) is 10.2 Å². The fourth-order valence-electron chi connectivity index (χ4n) is 2.10. The first kappa shape index (κ1) is 19.7. The SMILES string of the molecule is Cc1cccc(OCc2nnc(SCC(=O)Nc3ccc(Cl)c(Br)c3)o2)c1. The summed E-state index contributed by atoms with van der Waals surface area (Å²) in [6.07, 6.45) is 0. The zero-order valence-corrected chi connectivity index (χ0v) is 17.4. The molecule has 140 valence electrons. The van der Waals surface area contributed by atoms with E-state index >= 15 is 0 Å². The maximum Gasteiger partial charge on any atom is 0.277 e. The predicted octanol–water partition coefficient (Wildman–Crippen LogP) is 5.10. The largest absolute Gasteiger partial charge is 0.484 e. The molecule has 0 atom stereocenters. The van der Waals surface area contributed by atoms with Crippen molar-refractivity contribution >= 4 is 50.9 Å². The molecule has 2 aromatic carbocycles. The van der Waals surface area contributed by atoms with Gasteiger partial charge in [-0.1, -0.05) is 35.5 Å². The summed E-state index contributed by atoms with van der Waals surface area (Å²) in [6.45, 7) is 2.16. The predicted molar refractivity (Wildman–Crippen MR) is 108 cm³/mol. The average Bonchev–Trinajstić information content (AvgIpc) is 3.09. The normalized spacial score (nSPS) is 10.6. The molecule has 1 aromatic heterocycles. The molecule has 3 aromatic rings. The van der Waals surface area contributed by atoms with Crippen molar-refractivity contribution in [1.82, 2.24) is 10.2 Å². The average molecular weight is 469 g/mol. The Morgan fingerprint density at radius 1 is 1.30 bits per heavy atom. The van der Waals surface area contributed by atoms with E-state index in [0.717, 1.165) is 23.1 Å². The highest BCUT2D eigenvalue weighted by Gasteiger charge is 2.11. The number of hydrogen-bond acceptors (Lipinski definition) is 6. The van der Waals surface area contributed by atoms with Crippen LogP contribution in [0.4, 0.5) is 5.69 Å². The highest BCUT2D eigenvalue weighted by molar-refractivity contribution is 9.10. The van der Waals surface area contributed by atoms with Gasteiger partial charge in [0.15, 0.2) is 6.61 Å². The number of ether oxygens (including phenoxy) is 1. The van der Waals surface area contributed by atoms with Crippen molar-refractivity contribution in [3.8, 4) is 5.75 Å². The number of aromatic nitrogens is 2. The van der Waals surface area contributed by atoms with Crippen molar-refractivity contribution in [1.29, 1.82) is 0 Å². The number of nitrogens with zero attached hydrogens (tertiary/aromatic N) is 2. The van der Waals surface area contributed by atoms with Gasteiger partial charge >= 0.3 is 0 Å². The van der Waals surface area contributed by atoms with E-state index in [-0.39, 0.29) is 18.3 Å². The number of halogens is 2. The molecule has 0 aliphatic heterocycles. The number of thioether (sulfide) groups is 1. The summed E-state index contributed by atoms with van der Waals surface area (Å²) in [4.78, 5) is 12.0. The molecule has 1 N–H and O–H groups in total. The standard InChI is InChI=1S/C18H15BrClN3O3S/c1-11-3-2-4-13(7-11)25-9-17-22-23-18(26-17)27-10-16(24)21-12-5-6-15(20)14(19)8-12/h2-8H,9-10H2,1H3,(H,21,24). The molecule has 6 nitrogen and oxygen atoms in total. The van der Waals surface area contributed by atoms with E-state index in [1.165, 1.54) is 0 Å². The first-order chi connectivity index (χ1) is 13.0. The van der Waals surface area contributed by atoms with Gasteiger partial charge in [0, 0.05) is 10.2 Å². The molecule has 0 spiro atoms. The Labute approximate surface area is 173 Å². The van der Waals surface area contributed by atoms with E-state index in [9.17, 15) is 4.79 Å². The Kier molecular flexibility index (Phi) is 6.76. The minimum Gasteiger partial charge on any atom is -0.484 e. The minimum atomic E-state index is -0.190. The van der Waals surface area contributed by atoms with Crippen LogP contribution in [-0.4, -0.2) is 21.9 Å². The Hall–Kier alpha value is -2.03. The van der Waals surface area contributed by atoms with Gasteiger partial charge in [-0.05, 0) is 58.7 Å². The molecule has 0 fully saturated rings. The van der Waals surface area contributed by atoms with E-state index in [1.807, 2.05) is 31.2 Å². The van der Waals surface area contributed by atoms with Gasteiger partial charge in [-0.3, -0.25) is 4.79 Å². The molecule has 9 heteroatoms. The Balaban J connectivity index is 1.47. The van der Waals surface area contributed by atoms with Crippen LogP contribution in [0, 0.1) is 6.92 Å². The summed E-state index contributed by atoms with van der Waals surface area (Å²) >= 11 is 10.4. The van der Waals surface area contributed by atoms with Gasteiger partial charge < -0.3 is 14.5 Å². The Morgan fingerprint density at radius 3 is 2.93 bits per heavy atom. The molecule has 0 aliphatic rings. The van der Waals surface area contributed by atoms with E-state index in [0.29, 0.717) is 26.3 Å². The molecule has 0 radical (unpaired) electrons. The molecular formula is C18H15BrClN3O3S. The lowest BCUT2D eigenvalue weighted by molar-refractivity contribution is -0.113. The number of carbonyl (C=O) groups is 1. The lowest BCUT2D eigenvalue weighted by Gasteiger charge is -2.05. The van der Waals surface area contributed by atoms with Gasteiger partial charge in [0.2, 0.25) is 5.91 Å². The lowest BCUT2D eigenvalue weighted by atomic mass is 10.2. The number of rotatable bonds is 7. The molecular weight excluding hydrogens is 454 g/mol. The summed E-state index contributed by atoms with van der Waals surface area (Å²) in [6, 6.07) is 12.8. The number of benzene rings is 2. The number of nitrogens with one attached hydrogen (secondary N) is 1. The lowest BCUT2D eigenvalue weighted by Crippen LogP contribution is -2.13. The van der Waals surface area contributed by atoms with Crippen molar-refractivity contribution in [2.45, 2.75) is 18.8 Å². The first-order valence-electron chi connectivity index (χ1n) is 7.89. The van der Waals surface area contributed by atoms with Crippen LogP contribution < -0.4 is 10.1 Å². The molecule has 0 unspecified atom stereocenters. The topological polar surface area (TPSA) is 77.2 Å². The molecule has 27 heavy (non-hydrogen) atoms. The van der Waals surface area contributed by atoms with Gasteiger partial charge in [0.05, 0.1) is 10.8 Å². The number of anilines is 1.